The van der Waals surface area contributed by atoms with Gasteiger partial charge in [0.1, 0.15) is 5.52 Å². The van der Waals surface area contributed by atoms with Crippen LogP contribution in [0.25, 0.3) is 11.0 Å². The van der Waals surface area contributed by atoms with Crippen LogP contribution >= 0.6 is 15.9 Å². The number of Topliss-reactive ketones (excluding diaryl/α,β-unsaturated/α-hetero) is 1. The van der Waals surface area contributed by atoms with Gasteiger partial charge >= 0.3 is 6.09 Å². The number of ether oxygens (including phenoxy) is 1. The van der Waals surface area contributed by atoms with Crippen molar-refractivity contribution in [1.29, 1.82) is 0 Å². The van der Waals surface area contributed by atoms with E-state index in [1.165, 1.54) is 0 Å². The molecule has 1 aliphatic heterocycles. The van der Waals surface area contributed by atoms with Crippen molar-refractivity contribution in [1.82, 2.24) is 14.9 Å². The van der Waals surface area contributed by atoms with E-state index in [-0.39, 0.29) is 11.7 Å². The number of aromatic nitrogens is 2. The number of H-pyrrole nitrogens is 1. The van der Waals surface area contributed by atoms with Crippen molar-refractivity contribution in [3.05, 3.63) is 58.8 Å². The van der Waals surface area contributed by atoms with Gasteiger partial charge in [0.15, 0.2) is 5.78 Å². The molecule has 1 fully saturated rings. The number of ketones is 1. The minimum atomic E-state index is -0.477. The summed E-state index contributed by atoms with van der Waals surface area (Å²) in [6.45, 7) is 2.97. The zero-order valence-electron chi connectivity index (χ0n) is 17.1. The molecule has 0 saturated carbocycles. The zero-order valence-corrected chi connectivity index (χ0v) is 18.7. The first-order valence-electron chi connectivity index (χ1n) is 10.5. The maximum absolute atomic E-state index is 12.7. The quantitative estimate of drug-likeness (QED) is 0.369. The van der Waals surface area contributed by atoms with E-state index in [0.717, 1.165) is 54.4 Å². The molecule has 3 aromatic rings. The number of nitrogens with zero attached hydrogens (tertiary/aromatic N) is 2. The van der Waals surface area contributed by atoms with Crippen LogP contribution in [0.1, 0.15) is 29.6 Å². The number of amides is 1. The molecule has 1 aromatic heterocycles. The number of hydrogen-bond donors (Lipinski definition) is 2. The molecular weight excluding hydrogens is 460 g/mol. The van der Waals surface area contributed by atoms with Crippen LogP contribution in [-0.4, -0.2) is 53.0 Å². The van der Waals surface area contributed by atoms with Gasteiger partial charge < -0.3 is 14.6 Å². The number of piperidine rings is 1. The molecule has 0 bridgehead atoms. The lowest BCUT2D eigenvalue weighted by atomic mass is 9.89. The second-order valence-electron chi connectivity index (χ2n) is 7.71. The van der Waals surface area contributed by atoms with Crippen LogP contribution in [0.5, 0.6) is 0 Å². The Hall–Kier alpha value is -2.71. The predicted octanol–water partition coefficient (Wildman–Crippen LogP) is 4.86. The van der Waals surface area contributed by atoms with Crippen molar-refractivity contribution in [2.75, 3.05) is 31.6 Å². The molecule has 0 aliphatic carbocycles. The summed E-state index contributed by atoms with van der Waals surface area (Å²) >= 11 is 3.40. The third kappa shape index (κ3) is 5.51. The molecule has 0 radical (unpaired) electrons. The molecule has 1 saturated heterocycles. The Kier molecular flexibility index (Phi) is 6.99. The summed E-state index contributed by atoms with van der Waals surface area (Å²) in [5, 5.41) is 2.75. The summed E-state index contributed by atoms with van der Waals surface area (Å²) < 4.78 is 6.30. The Bertz CT molecular complexity index is 1040. The van der Waals surface area contributed by atoms with Crippen molar-refractivity contribution in [2.45, 2.75) is 19.3 Å². The molecular formula is C23H25BrN4O3. The Balaban J connectivity index is 1.15. The van der Waals surface area contributed by atoms with E-state index in [0.29, 0.717) is 17.8 Å². The average Bonchev–Trinajstić information content (AvgIpc) is 3.27. The van der Waals surface area contributed by atoms with Gasteiger partial charge in [-0.15, -0.1) is 0 Å². The van der Waals surface area contributed by atoms with Crippen LogP contribution in [0.4, 0.5) is 10.5 Å². The van der Waals surface area contributed by atoms with E-state index in [2.05, 4.69) is 36.1 Å². The number of para-hydroxylation sites is 1. The lowest BCUT2D eigenvalue weighted by molar-refractivity contribution is 0.0830. The lowest BCUT2D eigenvalue weighted by Crippen LogP contribution is -2.37. The standard InChI is InChI=1S/C23H25BrN4O3/c24-18-7-5-16(6-8-18)22(29)17-9-12-28(13-10-17)11-2-14-31-23(30)27-20-4-1-3-19-21(20)26-15-25-19/h1,3-8,15,17H,2,9-14H2,(H,25,26)(H,27,30). The van der Waals surface area contributed by atoms with Gasteiger partial charge in [0.2, 0.25) is 0 Å². The van der Waals surface area contributed by atoms with Gasteiger partial charge in [-0.25, -0.2) is 9.78 Å². The number of fused-ring (bicyclic) bond motifs is 1. The Morgan fingerprint density at radius 2 is 1.94 bits per heavy atom. The maximum Gasteiger partial charge on any atom is 0.411 e. The van der Waals surface area contributed by atoms with Gasteiger partial charge in [-0.05, 0) is 56.6 Å². The predicted molar refractivity (Wildman–Crippen MR) is 123 cm³/mol. The molecule has 2 heterocycles. The second-order valence-corrected chi connectivity index (χ2v) is 8.62. The molecule has 162 valence electrons. The maximum atomic E-state index is 12.7. The summed E-state index contributed by atoms with van der Waals surface area (Å²) in [5.41, 5.74) is 2.98. The second kappa shape index (κ2) is 10.1. The summed E-state index contributed by atoms with van der Waals surface area (Å²) in [6.07, 6.45) is 3.60. The van der Waals surface area contributed by atoms with E-state index >= 15 is 0 Å². The molecule has 4 rings (SSSR count). The van der Waals surface area contributed by atoms with Gasteiger partial charge in [0.25, 0.3) is 0 Å². The number of nitrogens with one attached hydrogen (secondary N) is 2. The topological polar surface area (TPSA) is 87.3 Å². The summed E-state index contributed by atoms with van der Waals surface area (Å²) in [5.74, 6) is 0.322. The molecule has 0 atom stereocenters. The SMILES string of the molecule is O=C(Nc1cccc2[nH]cnc12)OCCCN1CCC(C(=O)c2ccc(Br)cc2)CC1. The van der Waals surface area contributed by atoms with E-state index < -0.39 is 6.09 Å². The number of imidazole rings is 1. The van der Waals surface area contributed by atoms with Crippen LogP contribution in [0.3, 0.4) is 0 Å². The van der Waals surface area contributed by atoms with Gasteiger partial charge in [-0.3, -0.25) is 10.1 Å². The lowest BCUT2D eigenvalue weighted by Gasteiger charge is -2.31. The van der Waals surface area contributed by atoms with E-state index in [9.17, 15) is 9.59 Å². The fourth-order valence-electron chi connectivity index (χ4n) is 3.93. The number of rotatable bonds is 7. The zero-order chi connectivity index (χ0) is 21.6. The third-order valence-corrected chi connectivity index (χ3v) is 6.15. The highest BCUT2D eigenvalue weighted by Gasteiger charge is 2.25. The summed E-state index contributed by atoms with van der Waals surface area (Å²) in [4.78, 5) is 34.3. The van der Waals surface area contributed by atoms with Gasteiger partial charge in [-0.2, -0.15) is 0 Å². The first-order valence-corrected chi connectivity index (χ1v) is 11.3. The molecule has 31 heavy (non-hydrogen) atoms. The summed E-state index contributed by atoms with van der Waals surface area (Å²) in [6, 6.07) is 13.1. The smallest absolute Gasteiger partial charge is 0.411 e. The van der Waals surface area contributed by atoms with Gasteiger partial charge in [0, 0.05) is 22.5 Å². The molecule has 0 unspecified atom stereocenters. The van der Waals surface area contributed by atoms with Crippen LogP contribution in [-0.2, 0) is 4.74 Å². The molecule has 1 amide bonds. The molecule has 0 spiro atoms. The minimum absolute atomic E-state index is 0.0872. The highest BCUT2D eigenvalue weighted by molar-refractivity contribution is 9.10. The number of likely N-dealkylation sites (tertiary alicyclic amines) is 1. The number of hydrogen-bond acceptors (Lipinski definition) is 5. The number of halogens is 1. The van der Waals surface area contributed by atoms with Crippen molar-refractivity contribution >= 4 is 44.5 Å². The first-order chi connectivity index (χ1) is 15.1. The summed E-state index contributed by atoms with van der Waals surface area (Å²) in [7, 11) is 0. The Labute approximate surface area is 189 Å². The monoisotopic (exact) mass is 484 g/mol. The van der Waals surface area contributed by atoms with Crippen LogP contribution in [0, 0.1) is 5.92 Å². The first kappa shape index (κ1) is 21.5. The number of carbonyl (C=O) groups is 2. The normalized spacial score (nSPS) is 15.1. The Morgan fingerprint density at radius 3 is 2.71 bits per heavy atom. The minimum Gasteiger partial charge on any atom is -0.449 e. The van der Waals surface area contributed by atoms with Crippen LogP contribution in [0.15, 0.2) is 53.3 Å². The number of benzene rings is 2. The van der Waals surface area contributed by atoms with Crippen molar-refractivity contribution in [3.8, 4) is 0 Å². The van der Waals surface area contributed by atoms with E-state index in [1.54, 1.807) is 12.4 Å². The molecule has 2 N–H and O–H groups in total. The van der Waals surface area contributed by atoms with E-state index in [4.69, 9.17) is 4.74 Å². The average molecular weight is 485 g/mol. The molecule has 2 aromatic carbocycles. The fourth-order valence-corrected chi connectivity index (χ4v) is 4.20. The fraction of sp³-hybridized carbons (Fsp3) is 0.348. The van der Waals surface area contributed by atoms with Crippen molar-refractivity contribution in [2.24, 2.45) is 5.92 Å². The Morgan fingerprint density at radius 1 is 1.16 bits per heavy atom. The number of aromatic amines is 1. The van der Waals surface area contributed by atoms with Crippen LogP contribution < -0.4 is 5.32 Å². The molecule has 8 heteroatoms. The van der Waals surface area contributed by atoms with Gasteiger partial charge in [0.05, 0.1) is 24.1 Å². The number of anilines is 1. The highest BCUT2D eigenvalue weighted by atomic mass is 79.9. The molecule has 7 nitrogen and oxygen atoms in total. The molecule has 1 aliphatic rings. The largest absolute Gasteiger partial charge is 0.449 e. The number of carbonyl (C=O) groups excluding carboxylic acids is 2. The highest BCUT2D eigenvalue weighted by Crippen LogP contribution is 2.23. The van der Waals surface area contributed by atoms with Crippen LogP contribution in [0.2, 0.25) is 0 Å². The van der Waals surface area contributed by atoms with Gasteiger partial charge in [-0.1, -0.05) is 34.1 Å². The van der Waals surface area contributed by atoms with E-state index in [1.807, 2.05) is 36.4 Å². The van der Waals surface area contributed by atoms with Crippen molar-refractivity contribution < 1.29 is 14.3 Å². The van der Waals surface area contributed by atoms with Crippen molar-refractivity contribution in [3.63, 3.8) is 0 Å². The third-order valence-electron chi connectivity index (χ3n) is 5.63.